The molecule has 1 saturated heterocycles. The molecule has 1 fully saturated rings. The van der Waals surface area contributed by atoms with Gasteiger partial charge in [-0.3, -0.25) is 9.59 Å². The third-order valence-electron chi connectivity index (χ3n) is 5.50. The Labute approximate surface area is 196 Å². The number of benzene rings is 2. The topological polar surface area (TPSA) is 99.6 Å². The number of piperazine rings is 1. The Morgan fingerprint density at radius 1 is 0.912 bits per heavy atom. The number of hydrogen-bond acceptors (Lipinski definition) is 4. The van der Waals surface area contributed by atoms with Crippen LogP contribution in [0.25, 0.3) is 0 Å². The highest BCUT2D eigenvalue weighted by Crippen LogP contribution is 2.16. The SMILES string of the molecule is O=C(CCn1ccnc1)Nc1cccc(C(=O)N2CCN(C(=O)Nc3ccc(F)cc3)CC2)c1. The van der Waals surface area contributed by atoms with Gasteiger partial charge in [-0.1, -0.05) is 6.07 Å². The molecule has 0 bridgehead atoms. The van der Waals surface area contributed by atoms with Crippen LogP contribution in [0.15, 0.2) is 67.3 Å². The van der Waals surface area contributed by atoms with Crippen LogP contribution in [0, 0.1) is 5.82 Å². The molecule has 10 heteroatoms. The fourth-order valence-electron chi connectivity index (χ4n) is 3.63. The number of hydrogen-bond donors (Lipinski definition) is 2. The van der Waals surface area contributed by atoms with Gasteiger partial charge in [0, 0.05) is 68.5 Å². The molecular formula is C24H25FN6O3. The Balaban J connectivity index is 1.27. The molecule has 1 aliphatic rings. The zero-order valence-electron chi connectivity index (χ0n) is 18.5. The Bertz CT molecular complexity index is 1140. The number of nitrogens with one attached hydrogen (secondary N) is 2. The van der Waals surface area contributed by atoms with E-state index in [0.29, 0.717) is 49.7 Å². The predicted octanol–water partition coefficient (Wildman–Crippen LogP) is 3.04. The van der Waals surface area contributed by atoms with Gasteiger partial charge in [-0.25, -0.2) is 14.2 Å². The van der Waals surface area contributed by atoms with E-state index in [1.807, 2.05) is 4.57 Å². The van der Waals surface area contributed by atoms with Crippen LogP contribution >= 0.6 is 0 Å². The van der Waals surface area contributed by atoms with E-state index in [9.17, 15) is 18.8 Å². The number of amides is 4. The maximum absolute atomic E-state index is 13.0. The average Bonchev–Trinajstić information content (AvgIpc) is 3.38. The van der Waals surface area contributed by atoms with Gasteiger partial charge in [0.1, 0.15) is 5.82 Å². The molecule has 0 saturated carbocycles. The fraction of sp³-hybridized carbons (Fsp3) is 0.250. The van der Waals surface area contributed by atoms with Gasteiger partial charge in [-0.2, -0.15) is 0 Å². The second-order valence-electron chi connectivity index (χ2n) is 7.90. The summed E-state index contributed by atoms with van der Waals surface area (Å²) in [5.41, 5.74) is 1.53. The van der Waals surface area contributed by atoms with Gasteiger partial charge < -0.3 is 25.0 Å². The fourth-order valence-corrected chi connectivity index (χ4v) is 3.63. The van der Waals surface area contributed by atoms with Gasteiger partial charge in [-0.05, 0) is 42.5 Å². The van der Waals surface area contributed by atoms with Crippen LogP contribution in [-0.2, 0) is 11.3 Å². The van der Waals surface area contributed by atoms with Crippen molar-refractivity contribution in [3.63, 3.8) is 0 Å². The minimum Gasteiger partial charge on any atom is -0.337 e. The molecule has 0 radical (unpaired) electrons. The number of urea groups is 1. The lowest BCUT2D eigenvalue weighted by Crippen LogP contribution is -2.51. The molecule has 34 heavy (non-hydrogen) atoms. The summed E-state index contributed by atoms with van der Waals surface area (Å²) in [7, 11) is 0. The number of aromatic nitrogens is 2. The summed E-state index contributed by atoms with van der Waals surface area (Å²) in [5, 5.41) is 5.55. The molecule has 3 aromatic rings. The maximum atomic E-state index is 13.0. The molecule has 176 valence electrons. The molecule has 0 atom stereocenters. The molecule has 0 aliphatic carbocycles. The number of carbonyl (C=O) groups is 3. The molecular weight excluding hydrogens is 439 g/mol. The van der Waals surface area contributed by atoms with E-state index in [2.05, 4.69) is 15.6 Å². The van der Waals surface area contributed by atoms with Crippen molar-refractivity contribution in [1.82, 2.24) is 19.4 Å². The number of carbonyl (C=O) groups excluding carboxylic acids is 3. The number of halogens is 1. The van der Waals surface area contributed by atoms with Crippen LogP contribution in [0.3, 0.4) is 0 Å². The van der Waals surface area contributed by atoms with Crippen molar-refractivity contribution in [2.45, 2.75) is 13.0 Å². The lowest BCUT2D eigenvalue weighted by Gasteiger charge is -2.34. The van der Waals surface area contributed by atoms with Gasteiger partial charge in [0.15, 0.2) is 0 Å². The van der Waals surface area contributed by atoms with Crippen molar-refractivity contribution >= 4 is 29.2 Å². The van der Waals surface area contributed by atoms with E-state index in [1.165, 1.54) is 24.3 Å². The van der Waals surface area contributed by atoms with E-state index in [4.69, 9.17) is 0 Å². The van der Waals surface area contributed by atoms with E-state index in [1.54, 1.807) is 52.8 Å². The van der Waals surface area contributed by atoms with E-state index < -0.39 is 0 Å². The molecule has 0 unspecified atom stereocenters. The molecule has 4 amide bonds. The first kappa shape index (κ1) is 23.0. The molecule has 4 rings (SSSR count). The molecule has 0 spiro atoms. The summed E-state index contributed by atoms with van der Waals surface area (Å²) in [6.07, 6.45) is 5.39. The summed E-state index contributed by atoms with van der Waals surface area (Å²) in [6, 6.07) is 12.1. The molecule has 2 heterocycles. The molecule has 1 aromatic heterocycles. The predicted molar refractivity (Wildman–Crippen MR) is 125 cm³/mol. The summed E-state index contributed by atoms with van der Waals surface area (Å²) < 4.78 is 14.8. The molecule has 1 aliphatic heterocycles. The van der Waals surface area contributed by atoms with Crippen LogP contribution in [0.1, 0.15) is 16.8 Å². The average molecular weight is 465 g/mol. The summed E-state index contributed by atoms with van der Waals surface area (Å²) in [5.74, 6) is -0.685. The first-order valence-corrected chi connectivity index (χ1v) is 10.9. The highest BCUT2D eigenvalue weighted by molar-refractivity contribution is 5.97. The first-order chi connectivity index (χ1) is 16.5. The Morgan fingerprint density at radius 2 is 1.65 bits per heavy atom. The summed E-state index contributed by atoms with van der Waals surface area (Å²) in [4.78, 5) is 44.9. The van der Waals surface area contributed by atoms with Gasteiger partial charge in [0.25, 0.3) is 5.91 Å². The Hall–Kier alpha value is -4.21. The zero-order chi connectivity index (χ0) is 23.9. The van der Waals surface area contributed by atoms with Gasteiger partial charge in [0.2, 0.25) is 5.91 Å². The second-order valence-corrected chi connectivity index (χ2v) is 7.90. The summed E-state index contributed by atoms with van der Waals surface area (Å²) >= 11 is 0. The Kier molecular flexibility index (Phi) is 7.16. The highest BCUT2D eigenvalue weighted by atomic mass is 19.1. The monoisotopic (exact) mass is 464 g/mol. The van der Waals surface area contributed by atoms with Crippen molar-refractivity contribution in [2.75, 3.05) is 36.8 Å². The third kappa shape index (κ3) is 5.97. The number of nitrogens with zero attached hydrogens (tertiary/aromatic N) is 4. The van der Waals surface area contributed by atoms with Gasteiger partial charge >= 0.3 is 6.03 Å². The Morgan fingerprint density at radius 3 is 2.35 bits per heavy atom. The van der Waals surface area contributed by atoms with E-state index in [-0.39, 0.29) is 30.1 Å². The lowest BCUT2D eigenvalue weighted by atomic mass is 10.1. The molecule has 2 N–H and O–H groups in total. The van der Waals surface area contributed by atoms with E-state index >= 15 is 0 Å². The number of aryl methyl sites for hydroxylation is 1. The normalized spacial score (nSPS) is 13.4. The molecule has 2 aromatic carbocycles. The van der Waals surface area contributed by atoms with Crippen LogP contribution in [-0.4, -0.2) is 63.4 Å². The largest absolute Gasteiger partial charge is 0.337 e. The minimum absolute atomic E-state index is 0.154. The molecule has 9 nitrogen and oxygen atoms in total. The van der Waals surface area contributed by atoms with Crippen LogP contribution in [0.4, 0.5) is 20.6 Å². The lowest BCUT2D eigenvalue weighted by molar-refractivity contribution is -0.116. The van der Waals surface area contributed by atoms with Crippen molar-refractivity contribution in [1.29, 1.82) is 0 Å². The maximum Gasteiger partial charge on any atom is 0.321 e. The van der Waals surface area contributed by atoms with Crippen LogP contribution < -0.4 is 10.6 Å². The minimum atomic E-state index is -0.372. The number of imidazole rings is 1. The number of anilines is 2. The van der Waals surface area contributed by atoms with Crippen molar-refractivity contribution in [3.05, 3.63) is 78.6 Å². The van der Waals surface area contributed by atoms with Crippen molar-refractivity contribution in [2.24, 2.45) is 0 Å². The smallest absolute Gasteiger partial charge is 0.321 e. The van der Waals surface area contributed by atoms with Gasteiger partial charge in [0.05, 0.1) is 6.33 Å². The van der Waals surface area contributed by atoms with Crippen molar-refractivity contribution < 1.29 is 18.8 Å². The van der Waals surface area contributed by atoms with Crippen LogP contribution in [0.5, 0.6) is 0 Å². The standard InChI is InChI=1S/C24H25FN6O3/c25-19-4-6-20(7-5-19)28-24(34)31-14-12-30(13-15-31)23(33)18-2-1-3-21(16-18)27-22(32)8-10-29-11-9-26-17-29/h1-7,9,11,16-17H,8,10,12-15H2,(H,27,32)(H,28,34). The number of rotatable bonds is 6. The summed E-state index contributed by atoms with van der Waals surface area (Å²) in [6.45, 7) is 2.05. The van der Waals surface area contributed by atoms with Crippen molar-refractivity contribution in [3.8, 4) is 0 Å². The van der Waals surface area contributed by atoms with Crippen LogP contribution in [0.2, 0.25) is 0 Å². The zero-order valence-corrected chi connectivity index (χ0v) is 18.5. The van der Waals surface area contributed by atoms with Gasteiger partial charge in [-0.15, -0.1) is 0 Å². The quantitative estimate of drug-likeness (QED) is 0.586. The first-order valence-electron chi connectivity index (χ1n) is 10.9. The highest BCUT2D eigenvalue weighted by Gasteiger charge is 2.25. The van der Waals surface area contributed by atoms with E-state index in [0.717, 1.165) is 0 Å². The second kappa shape index (κ2) is 10.6. The third-order valence-corrected chi connectivity index (χ3v) is 5.50.